The van der Waals surface area contributed by atoms with Crippen LogP contribution in [0, 0.1) is 6.92 Å². The predicted octanol–water partition coefficient (Wildman–Crippen LogP) is 4.31. The van der Waals surface area contributed by atoms with E-state index in [1.807, 2.05) is 49.4 Å². The maximum atomic E-state index is 12.5. The van der Waals surface area contributed by atoms with E-state index in [9.17, 15) is 9.59 Å². The van der Waals surface area contributed by atoms with E-state index < -0.39 is 12.1 Å². The van der Waals surface area contributed by atoms with Crippen molar-refractivity contribution in [1.29, 1.82) is 0 Å². The van der Waals surface area contributed by atoms with E-state index in [0.717, 1.165) is 30.4 Å². The molecule has 2 aromatic carbocycles. The van der Waals surface area contributed by atoms with Gasteiger partial charge in [0, 0.05) is 11.6 Å². The van der Waals surface area contributed by atoms with Gasteiger partial charge < -0.3 is 4.74 Å². The first-order valence-corrected chi connectivity index (χ1v) is 8.64. The molecule has 0 aliphatic heterocycles. The van der Waals surface area contributed by atoms with E-state index in [1.54, 1.807) is 13.0 Å². The summed E-state index contributed by atoms with van der Waals surface area (Å²) in [6, 6.07) is 13.6. The third-order valence-electron chi connectivity index (χ3n) is 4.53. The lowest BCUT2D eigenvalue weighted by Crippen LogP contribution is -2.23. The van der Waals surface area contributed by atoms with Crippen molar-refractivity contribution in [2.24, 2.45) is 0 Å². The number of carbonyl (C=O) groups excluding carboxylic acids is 2. The van der Waals surface area contributed by atoms with E-state index >= 15 is 0 Å². The molecule has 0 heterocycles. The van der Waals surface area contributed by atoms with Crippen LogP contribution in [-0.2, 0) is 22.4 Å². The summed E-state index contributed by atoms with van der Waals surface area (Å²) in [6.45, 7) is 3.63. The van der Waals surface area contributed by atoms with Crippen LogP contribution in [0.15, 0.2) is 48.5 Å². The average molecular weight is 334 g/mol. The summed E-state index contributed by atoms with van der Waals surface area (Å²) in [5, 5.41) is 0. The van der Waals surface area contributed by atoms with Crippen LogP contribution in [0.5, 0.6) is 0 Å². The number of ketones is 1. The highest BCUT2D eigenvalue weighted by atomic mass is 16.5. The second-order valence-electron chi connectivity index (χ2n) is 6.52. The topological polar surface area (TPSA) is 43.4 Å². The zero-order valence-corrected chi connectivity index (χ0v) is 14.6. The molecule has 128 valence electrons. The molecule has 1 aliphatic rings. The molecular weight excluding hydrogens is 312 g/mol. The Bertz CT molecular complexity index is 816. The molecule has 0 unspecified atom stereocenters. The van der Waals surface area contributed by atoms with E-state index in [2.05, 4.69) is 0 Å². The summed E-state index contributed by atoms with van der Waals surface area (Å²) in [5.41, 5.74) is 5.25. The molecule has 0 N–H and O–H groups in total. The average Bonchev–Trinajstić information content (AvgIpc) is 3.08. The fraction of sp³-hybridized carbons (Fsp3) is 0.273. The number of aryl methyl sites for hydroxylation is 3. The van der Waals surface area contributed by atoms with Gasteiger partial charge in [-0.1, -0.05) is 42.0 Å². The Morgan fingerprint density at radius 2 is 1.76 bits per heavy atom. The normalized spacial score (nSPS) is 14.3. The predicted molar refractivity (Wildman–Crippen MR) is 98.6 cm³/mol. The van der Waals surface area contributed by atoms with Gasteiger partial charge in [-0.2, -0.15) is 0 Å². The van der Waals surface area contributed by atoms with Crippen LogP contribution >= 0.6 is 0 Å². The number of rotatable bonds is 5. The zero-order valence-electron chi connectivity index (χ0n) is 14.6. The molecule has 1 atom stereocenters. The summed E-state index contributed by atoms with van der Waals surface area (Å²) in [6.07, 6.45) is 5.49. The first kappa shape index (κ1) is 17.2. The van der Waals surface area contributed by atoms with E-state index in [1.165, 1.54) is 17.2 Å². The van der Waals surface area contributed by atoms with E-state index in [-0.39, 0.29) is 5.78 Å². The second kappa shape index (κ2) is 7.47. The third-order valence-corrected chi connectivity index (χ3v) is 4.53. The molecule has 0 aromatic heterocycles. The molecule has 0 bridgehead atoms. The number of ether oxygens (including phenoxy) is 1. The Balaban J connectivity index is 1.61. The molecule has 0 saturated carbocycles. The second-order valence-corrected chi connectivity index (χ2v) is 6.52. The number of benzene rings is 2. The standard InChI is InChI=1S/C22H22O3/c1-15-6-8-17(9-7-15)10-13-21(23)25-16(2)22(24)20-12-11-18-4-3-5-19(18)14-20/h6-14,16H,3-5H2,1-2H3/b13-10+/t16-/m0/s1. The molecule has 0 spiro atoms. The lowest BCUT2D eigenvalue weighted by atomic mass is 10.0. The maximum absolute atomic E-state index is 12.5. The van der Waals surface area contributed by atoms with Gasteiger partial charge in [-0.15, -0.1) is 0 Å². The Kier molecular flexibility index (Phi) is 5.13. The van der Waals surface area contributed by atoms with Gasteiger partial charge in [0.25, 0.3) is 0 Å². The smallest absolute Gasteiger partial charge is 0.331 e. The van der Waals surface area contributed by atoms with Gasteiger partial charge in [0.1, 0.15) is 0 Å². The highest BCUT2D eigenvalue weighted by Crippen LogP contribution is 2.23. The number of hydrogen-bond acceptors (Lipinski definition) is 3. The van der Waals surface area contributed by atoms with Crippen LogP contribution in [0.3, 0.4) is 0 Å². The zero-order chi connectivity index (χ0) is 17.8. The van der Waals surface area contributed by atoms with Crippen LogP contribution in [0.25, 0.3) is 6.08 Å². The third kappa shape index (κ3) is 4.24. The van der Waals surface area contributed by atoms with Crippen LogP contribution in [0.2, 0.25) is 0 Å². The number of esters is 1. The van der Waals surface area contributed by atoms with Gasteiger partial charge in [-0.25, -0.2) is 4.79 Å². The molecule has 3 nitrogen and oxygen atoms in total. The monoisotopic (exact) mass is 334 g/mol. The summed E-state index contributed by atoms with van der Waals surface area (Å²) in [7, 11) is 0. The minimum absolute atomic E-state index is 0.160. The van der Waals surface area contributed by atoms with E-state index in [0.29, 0.717) is 5.56 Å². The summed E-state index contributed by atoms with van der Waals surface area (Å²) >= 11 is 0. The van der Waals surface area contributed by atoms with Crippen molar-refractivity contribution in [2.75, 3.05) is 0 Å². The Morgan fingerprint density at radius 3 is 2.52 bits per heavy atom. The molecular formula is C22H22O3. The molecule has 2 aromatic rings. The summed E-state index contributed by atoms with van der Waals surface area (Å²) in [4.78, 5) is 24.4. The van der Waals surface area contributed by atoms with Gasteiger partial charge in [0.15, 0.2) is 6.10 Å². The number of Topliss-reactive ketones (excluding diaryl/α,β-unsaturated/α-hetero) is 1. The van der Waals surface area contributed by atoms with Gasteiger partial charge in [0.05, 0.1) is 0 Å². The fourth-order valence-electron chi connectivity index (χ4n) is 3.07. The molecule has 0 radical (unpaired) electrons. The van der Waals surface area contributed by atoms with Crippen LogP contribution < -0.4 is 0 Å². The van der Waals surface area contributed by atoms with Crippen molar-refractivity contribution >= 4 is 17.8 Å². The van der Waals surface area contributed by atoms with Gasteiger partial charge in [-0.3, -0.25) is 4.79 Å². The SMILES string of the molecule is Cc1ccc(/C=C/C(=O)O[C@@H](C)C(=O)c2ccc3c(c2)CCC3)cc1. The number of fused-ring (bicyclic) bond motifs is 1. The molecule has 3 heteroatoms. The van der Waals surface area contributed by atoms with Gasteiger partial charge >= 0.3 is 5.97 Å². The van der Waals surface area contributed by atoms with Crippen LogP contribution in [0.1, 0.15) is 46.0 Å². The summed E-state index contributed by atoms with van der Waals surface area (Å²) < 4.78 is 5.26. The Morgan fingerprint density at radius 1 is 1.04 bits per heavy atom. The molecule has 3 rings (SSSR count). The van der Waals surface area contributed by atoms with Crippen molar-refractivity contribution < 1.29 is 14.3 Å². The Hall–Kier alpha value is -2.68. The minimum Gasteiger partial charge on any atom is -0.451 e. The van der Waals surface area contributed by atoms with Gasteiger partial charge in [-0.05, 0) is 61.9 Å². The first-order valence-electron chi connectivity index (χ1n) is 8.64. The van der Waals surface area contributed by atoms with Crippen LogP contribution in [-0.4, -0.2) is 17.9 Å². The highest BCUT2D eigenvalue weighted by Gasteiger charge is 2.20. The van der Waals surface area contributed by atoms with Crippen molar-refractivity contribution in [2.45, 2.75) is 39.2 Å². The molecule has 0 fully saturated rings. The highest BCUT2D eigenvalue weighted by molar-refractivity contribution is 6.01. The van der Waals surface area contributed by atoms with Crippen molar-refractivity contribution in [3.63, 3.8) is 0 Å². The van der Waals surface area contributed by atoms with Crippen LogP contribution in [0.4, 0.5) is 0 Å². The molecule has 0 saturated heterocycles. The quantitative estimate of drug-likeness (QED) is 0.465. The first-order chi connectivity index (χ1) is 12.0. The number of hydrogen-bond donors (Lipinski definition) is 0. The fourth-order valence-corrected chi connectivity index (χ4v) is 3.07. The lowest BCUT2D eigenvalue weighted by molar-refractivity contribution is -0.140. The Labute approximate surface area is 148 Å². The van der Waals surface area contributed by atoms with Crippen molar-refractivity contribution in [1.82, 2.24) is 0 Å². The molecule has 25 heavy (non-hydrogen) atoms. The lowest BCUT2D eigenvalue weighted by Gasteiger charge is -2.12. The van der Waals surface area contributed by atoms with Crippen molar-refractivity contribution in [3.8, 4) is 0 Å². The minimum atomic E-state index is -0.797. The molecule has 1 aliphatic carbocycles. The van der Waals surface area contributed by atoms with Crippen molar-refractivity contribution in [3.05, 3.63) is 76.4 Å². The molecule has 0 amide bonds. The number of carbonyl (C=O) groups is 2. The largest absolute Gasteiger partial charge is 0.451 e. The summed E-state index contributed by atoms with van der Waals surface area (Å²) in [5.74, 6) is -0.672. The maximum Gasteiger partial charge on any atom is 0.331 e. The van der Waals surface area contributed by atoms with Gasteiger partial charge in [0.2, 0.25) is 5.78 Å². The van der Waals surface area contributed by atoms with E-state index in [4.69, 9.17) is 4.74 Å².